The summed E-state index contributed by atoms with van der Waals surface area (Å²) in [5.74, 6) is -0.279. The Balaban J connectivity index is 1.76. The maximum Gasteiger partial charge on any atom is 0.249 e. The molecule has 2 heterocycles. The summed E-state index contributed by atoms with van der Waals surface area (Å²) in [5, 5.41) is 10.2. The molecule has 1 unspecified atom stereocenters. The van der Waals surface area contributed by atoms with Crippen LogP contribution in [0, 0.1) is 0 Å². The smallest absolute Gasteiger partial charge is 0.249 e. The van der Waals surface area contributed by atoms with Gasteiger partial charge in [-0.1, -0.05) is 30.3 Å². The van der Waals surface area contributed by atoms with Crippen molar-refractivity contribution in [2.75, 3.05) is 18.4 Å². The standard InChI is InChI=1S/C16H20FN5O3S/c1-16(2,26(24,25)22-9-8-12(17)10-22)14(23)19-15-18-13(20-21-15)11-6-4-3-5-7-11/h3-7,12H,8-10H2,1-2H3,(H2,18,19,20,21,23). The number of nitrogens with one attached hydrogen (secondary N) is 2. The summed E-state index contributed by atoms with van der Waals surface area (Å²) >= 11 is 0. The highest BCUT2D eigenvalue weighted by Crippen LogP contribution is 2.27. The predicted octanol–water partition coefficient (Wildman–Crippen LogP) is 1.56. The summed E-state index contributed by atoms with van der Waals surface area (Å²) in [6.45, 7) is 2.43. The average molecular weight is 381 g/mol. The van der Waals surface area contributed by atoms with Crippen LogP contribution in [-0.2, 0) is 14.8 Å². The van der Waals surface area contributed by atoms with E-state index < -0.39 is 26.8 Å². The molecule has 1 atom stereocenters. The summed E-state index contributed by atoms with van der Waals surface area (Å²) in [5.41, 5.74) is 0.776. The van der Waals surface area contributed by atoms with Crippen molar-refractivity contribution in [2.45, 2.75) is 31.2 Å². The van der Waals surface area contributed by atoms with Gasteiger partial charge in [0.2, 0.25) is 21.9 Å². The van der Waals surface area contributed by atoms with Crippen molar-refractivity contribution in [2.24, 2.45) is 0 Å². The number of H-pyrrole nitrogens is 1. The molecular weight excluding hydrogens is 361 g/mol. The SMILES string of the molecule is CC(C)(C(=O)Nc1nnc(-c2ccccc2)[nH]1)S(=O)(=O)N1CCC(F)C1. The minimum Gasteiger partial charge on any atom is -0.307 e. The molecule has 0 aliphatic carbocycles. The zero-order valence-electron chi connectivity index (χ0n) is 14.4. The third kappa shape index (κ3) is 3.34. The van der Waals surface area contributed by atoms with Crippen molar-refractivity contribution < 1.29 is 17.6 Å². The molecule has 0 spiro atoms. The molecule has 10 heteroatoms. The Bertz CT molecular complexity index is 898. The van der Waals surface area contributed by atoms with Gasteiger partial charge in [0.05, 0.1) is 0 Å². The van der Waals surface area contributed by atoms with Crippen LogP contribution >= 0.6 is 0 Å². The molecule has 2 aromatic rings. The summed E-state index contributed by atoms with van der Waals surface area (Å²) in [6.07, 6.45) is -1.06. The van der Waals surface area contributed by atoms with Crippen molar-refractivity contribution in [1.29, 1.82) is 0 Å². The number of aromatic amines is 1. The van der Waals surface area contributed by atoms with Crippen LogP contribution in [0.1, 0.15) is 20.3 Å². The second-order valence-corrected chi connectivity index (χ2v) is 9.09. The number of carbonyl (C=O) groups is 1. The van der Waals surface area contributed by atoms with Crippen LogP contribution in [0.3, 0.4) is 0 Å². The number of hydrogen-bond acceptors (Lipinski definition) is 5. The van der Waals surface area contributed by atoms with E-state index in [1.165, 1.54) is 13.8 Å². The van der Waals surface area contributed by atoms with Crippen LogP contribution in [0.15, 0.2) is 30.3 Å². The Hall–Kier alpha value is -2.33. The molecule has 1 aromatic heterocycles. The van der Waals surface area contributed by atoms with Crippen molar-refractivity contribution in [1.82, 2.24) is 19.5 Å². The minimum atomic E-state index is -4.02. The fourth-order valence-corrected chi connectivity index (χ4v) is 4.28. The Kier molecular flexibility index (Phi) is 4.80. The molecule has 2 N–H and O–H groups in total. The highest BCUT2D eigenvalue weighted by Gasteiger charge is 2.47. The van der Waals surface area contributed by atoms with E-state index in [1.54, 1.807) is 0 Å². The van der Waals surface area contributed by atoms with Gasteiger partial charge >= 0.3 is 0 Å². The lowest BCUT2D eigenvalue weighted by Crippen LogP contribution is -2.51. The Morgan fingerprint density at radius 1 is 1.31 bits per heavy atom. The van der Waals surface area contributed by atoms with Crippen molar-refractivity contribution >= 4 is 21.9 Å². The molecule has 8 nitrogen and oxygen atoms in total. The van der Waals surface area contributed by atoms with E-state index in [0.29, 0.717) is 5.82 Å². The Morgan fingerprint density at radius 3 is 2.62 bits per heavy atom. The molecular formula is C16H20FN5O3S. The number of benzene rings is 1. The molecule has 0 bridgehead atoms. The van der Waals surface area contributed by atoms with E-state index in [2.05, 4.69) is 20.5 Å². The van der Waals surface area contributed by atoms with Gasteiger partial charge in [-0.25, -0.2) is 12.8 Å². The Morgan fingerprint density at radius 2 is 2.00 bits per heavy atom. The summed E-state index contributed by atoms with van der Waals surface area (Å²) in [4.78, 5) is 15.4. The summed E-state index contributed by atoms with van der Waals surface area (Å²) < 4.78 is 38.0. The number of alkyl halides is 1. The number of rotatable bonds is 5. The van der Waals surface area contributed by atoms with Crippen LogP contribution in [-0.4, -0.2) is 57.8 Å². The molecule has 0 saturated carbocycles. The quantitative estimate of drug-likeness (QED) is 0.817. The first-order valence-electron chi connectivity index (χ1n) is 8.15. The normalized spacial score (nSPS) is 18.8. The van der Waals surface area contributed by atoms with Crippen molar-refractivity contribution in [3.63, 3.8) is 0 Å². The van der Waals surface area contributed by atoms with E-state index in [4.69, 9.17) is 0 Å². The molecule has 1 aliphatic rings. The van der Waals surface area contributed by atoms with Crippen LogP contribution in [0.2, 0.25) is 0 Å². The molecule has 1 saturated heterocycles. The monoisotopic (exact) mass is 381 g/mol. The second kappa shape index (κ2) is 6.76. The largest absolute Gasteiger partial charge is 0.307 e. The van der Waals surface area contributed by atoms with Gasteiger partial charge < -0.3 is 4.98 Å². The van der Waals surface area contributed by atoms with Crippen LogP contribution < -0.4 is 5.32 Å². The van der Waals surface area contributed by atoms with Gasteiger partial charge in [-0.3, -0.25) is 10.1 Å². The molecule has 1 fully saturated rings. The fourth-order valence-electron chi connectivity index (χ4n) is 2.65. The third-order valence-electron chi connectivity index (χ3n) is 4.39. The highest BCUT2D eigenvalue weighted by molar-refractivity contribution is 7.91. The minimum absolute atomic E-state index is 0.0434. The third-order valence-corrected chi connectivity index (χ3v) is 6.88. The summed E-state index contributed by atoms with van der Waals surface area (Å²) in [6, 6.07) is 9.17. The summed E-state index contributed by atoms with van der Waals surface area (Å²) in [7, 11) is -4.02. The molecule has 140 valence electrons. The number of carbonyl (C=O) groups excluding carboxylic acids is 1. The van der Waals surface area contributed by atoms with Gasteiger partial charge in [0.1, 0.15) is 6.17 Å². The molecule has 1 aliphatic heterocycles. The predicted molar refractivity (Wildman–Crippen MR) is 94.5 cm³/mol. The first-order valence-corrected chi connectivity index (χ1v) is 9.59. The van der Waals surface area contributed by atoms with Crippen LogP contribution in [0.25, 0.3) is 11.4 Å². The van der Waals surface area contributed by atoms with Gasteiger partial charge in [0.15, 0.2) is 10.6 Å². The van der Waals surface area contributed by atoms with Gasteiger partial charge in [0, 0.05) is 18.7 Å². The maximum atomic E-state index is 13.4. The lowest BCUT2D eigenvalue weighted by atomic mass is 10.2. The van der Waals surface area contributed by atoms with Crippen molar-refractivity contribution in [3.8, 4) is 11.4 Å². The van der Waals surface area contributed by atoms with Gasteiger partial charge in [-0.15, -0.1) is 10.2 Å². The van der Waals surface area contributed by atoms with E-state index in [-0.39, 0.29) is 25.5 Å². The second-order valence-electron chi connectivity index (χ2n) is 6.60. The topological polar surface area (TPSA) is 108 Å². The first-order chi connectivity index (χ1) is 12.2. The zero-order chi connectivity index (χ0) is 18.9. The first kappa shape index (κ1) is 18.5. The number of halogens is 1. The number of amides is 1. The Labute approximate surface area is 150 Å². The molecule has 26 heavy (non-hydrogen) atoms. The lowest BCUT2D eigenvalue weighted by molar-refractivity contribution is -0.118. The molecule has 1 amide bonds. The average Bonchev–Trinajstić information content (AvgIpc) is 3.25. The van der Waals surface area contributed by atoms with Crippen LogP contribution in [0.5, 0.6) is 0 Å². The number of hydrogen-bond donors (Lipinski definition) is 2. The van der Waals surface area contributed by atoms with Gasteiger partial charge in [-0.05, 0) is 20.3 Å². The number of sulfonamides is 1. The zero-order valence-corrected chi connectivity index (χ0v) is 15.3. The number of anilines is 1. The van der Waals surface area contributed by atoms with E-state index in [9.17, 15) is 17.6 Å². The highest BCUT2D eigenvalue weighted by atomic mass is 32.2. The van der Waals surface area contributed by atoms with Crippen molar-refractivity contribution in [3.05, 3.63) is 30.3 Å². The maximum absolute atomic E-state index is 13.4. The number of aromatic nitrogens is 3. The molecule has 3 rings (SSSR count). The fraction of sp³-hybridized carbons (Fsp3) is 0.438. The van der Waals surface area contributed by atoms with E-state index in [1.807, 2.05) is 30.3 Å². The van der Waals surface area contributed by atoms with Gasteiger partial charge in [0.25, 0.3) is 0 Å². The molecule has 1 aromatic carbocycles. The van der Waals surface area contributed by atoms with Crippen LogP contribution in [0.4, 0.5) is 10.3 Å². The lowest BCUT2D eigenvalue weighted by Gasteiger charge is -2.28. The number of nitrogens with zero attached hydrogens (tertiary/aromatic N) is 3. The van der Waals surface area contributed by atoms with Gasteiger partial charge in [-0.2, -0.15) is 4.31 Å². The molecule has 0 radical (unpaired) electrons. The van der Waals surface area contributed by atoms with E-state index >= 15 is 0 Å². The van der Waals surface area contributed by atoms with E-state index in [0.717, 1.165) is 9.87 Å².